The van der Waals surface area contributed by atoms with Crippen LogP contribution in [-0.4, -0.2) is 25.1 Å². The molecule has 2 rings (SSSR count). The first-order valence-electron chi connectivity index (χ1n) is 4.29. The molecule has 6 heteroatoms. The van der Waals surface area contributed by atoms with E-state index in [9.17, 15) is 4.79 Å². The fraction of sp³-hybridized carbons (Fsp3) is 0.222. The summed E-state index contributed by atoms with van der Waals surface area (Å²) in [5, 5.41) is 4.26. The van der Waals surface area contributed by atoms with E-state index in [1.54, 1.807) is 25.0 Å². The summed E-state index contributed by atoms with van der Waals surface area (Å²) >= 11 is 5.88. The highest BCUT2D eigenvalue weighted by atomic mass is 35.5. The summed E-state index contributed by atoms with van der Waals surface area (Å²) < 4.78 is 3.10. The summed E-state index contributed by atoms with van der Waals surface area (Å²) in [7, 11) is 3.43. The average Bonchev–Trinajstić information content (AvgIpc) is 2.73. The first-order valence-corrected chi connectivity index (χ1v) is 4.67. The Morgan fingerprint density at radius 1 is 1.40 bits per heavy atom. The number of hydrogen-bond acceptors (Lipinski definition) is 3. The van der Waals surface area contributed by atoms with E-state index in [2.05, 4.69) is 10.1 Å². The van der Waals surface area contributed by atoms with E-state index in [1.807, 2.05) is 0 Å². The molecule has 0 atom stereocenters. The van der Waals surface area contributed by atoms with Gasteiger partial charge in [0, 0.05) is 14.1 Å². The molecule has 2 aromatic heterocycles. The maximum atomic E-state index is 12.0. The Labute approximate surface area is 91.3 Å². The van der Waals surface area contributed by atoms with Crippen molar-refractivity contribution in [3.8, 4) is 0 Å². The van der Waals surface area contributed by atoms with Crippen molar-refractivity contribution in [3.05, 3.63) is 35.1 Å². The zero-order chi connectivity index (χ0) is 11.0. The van der Waals surface area contributed by atoms with Gasteiger partial charge in [-0.3, -0.25) is 9.48 Å². The second-order valence-corrected chi connectivity index (χ2v) is 3.59. The van der Waals surface area contributed by atoms with Crippen molar-refractivity contribution in [2.45, 2.75) is 0 Å². The van der Waals surface area contributed by atoms with Crippen LogP contribution in [0.4, 0.5) is 0 Å². The maximum Gasteiger partial charge on any atom is 0.230 e. The number of nitrogens with zero attached hydrogens (tertiary/aromatic N) is 4. The zero-order valence-corrected chi connectivity index (χ0v) is 9.06. The van der Waals surface area contributed by atoms with Crippen molar-refractivity contribution in [2.24, 2.45) is 14.1 Å². The van der Waals surface area contributed by atoms with Crippen LogP contribution in [0.15, 0.2) is 18.7 Å². The van der Waals surface area contributed by atoms with Gasteiger partial charge in [-0.25, -0.2) is 4.98 Å². The number of carbonyl (C=O) groups excluding carboxylic acids is 1. The molecule has 0 radical (unpaired) electrons. The number of halogens is 1. The number of ketones is 1. The molecule has 5 nitrogen and oxygen atoms in total. The monoisotopic (exact) mass is 224 g/mol. The van der Waals surface area contributed by atoms with Gasteiger partial charge in [0.2, 0.25) is 5.78 Å². The molecule has 0 saturated carbocycles. The molecule has 0 aliphatic carbocycles. The molecule has 78 valence electrons. The molecular formula is C9H9ClN4O. The molecule has 0 aliphatic heterocycles. The summed E-state index contributed by atoms with van der Waals surface area (Å²) in [4.78, 5) is 15.9. The van der Waals surface area contributed by atoms with E-state index >= 15 is 0 Å². The second-order valence-electron chi connectivity index (χ2n) is 3.18. The van der Waals surface area contributed by atoms with Crippen LogP contribution in [0, 0.1) is 0 Å². The van der Waals surface area contributed by atoms with E-state index in [1.165, 1.54) is 17.1 Å². The molecular weight excluding hydrogens is 216 g/mol. The molecule has 2 aromatic rings. The van der Waals surface area contributed by atoms with Crippen molar-refractivity contribution in [2.75, 3.05) is 0 Å². The Balaban J connectivity index is 2.50. The fourth-order valence-corrected chi connectivity index (χ4v) is 1.62. The molecule has 0 bridgehead atoms. The molecule has 0 N–H and O–H groups in total. The first-order chi connectivity index (χ1) is 7.11. The lowest BCUT2D eigenvalue weighted by molar-refractivity contribution is 0.102. The fourth-order valence-electron chi connectivity index (χ4n) is 1.36. The van der Waals surface area contributed by atoms with Crippen molar-refractivity contribution in [3.63, 3.8) is 0 Å². The van der Waals surface area contributed by atoms with E-state index in [-0.39, 0.29) is 5.78 Å². The highest BCUT2D eigenvalue weighted by Crippen LogP contribution is 2.17. The van der Waals surface area contributed by atoms with E-state index in [4.69, 9.17) is 11.6 Å². The van der Waals surface area contributed by atoms with Gasteiger partial charge in [0.25, 0.3) is 0 Å². The van der Waals surface area contributed by atoms with Gasteiger partial charge in [-0.1, -0.05) is 11.6 Å². The number of aromatic nitrogens is 4. The smallest absolute Gasteiger partial charge is 0.230 e. The number of hydrogen-bond donors (Lipinski definition) is 0. The predicted octanol–water partition coefficient (Wildman–Crippen LogP) is 1.04. The van der Waals surface area contributed by atoms with Crippen LogP contribution < -0.4 is 0 Å². The van der Waals surface area contributed by atoms with E-state index in [0.717, 1.165) is 0 Å². The lowest BCUT2D eigenvalue weighted by atomic mass is 10.2. The number of carbonyl (C=O) groups is 1. The summed E-state index contributed by atoms with van der Waals surface area (Å²) in [5.41, 5.74) is 0.862. The summed E-state index contributed by atoms with van der Waals surface area (Å²) in [5.74, 6) is -0.181. The van der Waals surface area contributed by atoms with Crippen LogP contribution in [-0.2, 0) is 14.1 Å². The van der Waals surface area contributed by atoms with Crippen LogP contribution >= 0.6 is 11.6 Å². The first kappa shape index (κ1) is 9.92. The van der Waals surface area contributed by atoms with Gasteiger partial charge in [-0.2, -0.15) is 5.10 Å². The van der Waals surface area contributed by atoms with Gasteiger partial charge >= 0.3 is 0 Å². The average molecular weight is 225 g/mol. The molecule has 15 heavy (non-hydrogen) atoms. The Morgan fingerprint density at radius 3 is 2.60 bits per heavy atom. The summed E-state index contributed by atoms with van der Waals surface area (Å²) in [6.07, 6.45) is 4.52. The highest BCUT2D eigenvalue weighted by molar-refractivity contribution is 6.34. The Bertz CT molecular complexity index is 494. The van der Waals surface area contributed by atoms with Crippen molar-refractivity contribution < 1.29 is 4.79 Å². The van der Waals surface area contributed by atoms with Crippen molar-refractivity contribution in [1.29, 1.82) is 0 Å². The zero-order valence-electron chi connectivity index (χ0n) is 8.31. The highest BCUT2D eigenvalue weighted by Gasteiger charge is 2.19. The molecule has 0 spiro atoms. The third-order valence-corrected chi connectivity index (χ3v) is 2.44. The third-order valence-electron chi connectivity index (χ3n) is 2.16. The van der Waals surface area contributed by atoms with Crippen molar-refractivity contribution in [1.82, 2.24) is 19.3 Å². The minimum atomic E-state index is -0.181. The molecule has 2 heterocycles. The van der Waals surface area contributed by atoms with Crippen LogP contribution in [0.1, 0.15) is 16.2 Å². The SMILES string of the molecule is Cn1cncc1C(=O)c1c(Cl)cnn1C. The largest absolute Gasteiger partial charge is 0.331 e. The van der Waals surface area contributed by atoms with Crippen molar-refractivity contribution >= 4 is 17.4 Å². The lowest BCUT2D eigenvalue weighted by Gasteiger charge is -2.02. The lowest BCUT2D eigenvalue weighted by Crippen LogP contribution is -2.12. The Hall–Kier alpha value is -1.62. The van der Waals surface area contributed by atoms with Gasteiger partial charge in [-0.15, -0.1) is 0 Å². The van der Waals surface area contributed by atoms with E-state index < -0.39 is 0 Å². The second kappa shape index (κ2) is 3.51. The van der Waals surface area contributed by atoms with E-state index in [0.29, 0.717) is 16.4 Å². The predicted molar refractivity (Wildman–Crippen MR) is 54.9 cm³/mol. The van der Waals surface area contributed by atoms with Gasteiger partial charge in [0.1, 0.15) is 11.4 Å². The normalized spacial score (nSPS) is 10.6. The van der Waals surface area contributed by atoms with Gasteiger partial charge in [-0.05, 0) is 0 Å². The quantitative estimate of drug-likeness (QED) is 0.717. The number of imidazole rings is 1. The minimum absolute atomic E-state index is 0.181. The number of aryl methyl sites for hydroxylation is 2. The summed E-state index contributed by atoms with van der Waals surface area (Å²) in [6.45, 7) is 0. The molecule has 0 unspecified atom stereocenters. The Kier molecular flexibility index (Phi) is 2.32. The van der Waals surface area contributed by atoms with Crippen LogP contribution in [0.3, 0.4) is 0 Å². The maximum absolute atomic E-state index is 12.0. The van der Waals surface area contributed by atoms with Crippen LogP contribution in [0.2, 0.25) is 5.02 Å². The minimum Gasteiger partial charge on any atom is -0.331 e. The molecule has 0 amide bonds. The van der Waals surface area contributed by atoms with Crippen LogP contribution in [0.5, 0.6) is 0 Å². The van der Waals surface area contributed by atoms with Gasteiger partial charge in [0.15, 0.2) is 0 Å². The molecule has 0 aliphatic rings. The van der Waals surface area contributed by atoms with Gasteiger partial charge in [0.05, 0.1) is 23.7 Å². The van der Waals surface area contributed by atoms with Crippen LogP contribution in [0.25, 0.3) is 0 Å². The standard InChI is InChI=1S/C9H9ClN4O/c1-13-5-11-4-7(13)9(15)8-6(10)3-12-14(8)2/h3-5H,1-2H3. The van der Waals surface area contributed by atoms with Gasteiger partial charge < -0.3 is 4.57 Å². The molecule has 0 fully saturated rings. The Morgan fingerprint density at radius 2 is 2.13 bits per heavy atom. The topological polar surface area (TPSA) is 52.7 Å². The number of rotatable bonds is 2. The summed E-state index contributed by atoms with van der Waals surface area (Å²) in [6, 6.07) is 0. The third kappa shape index (κ3) is 1.55. The molecule has 0 aromatic carbocycles. The molecule has 0 saturated heterocycles.